The van der Waals surface area contributed by atoms with E-state index in [0.717, 1.165) is 18.2 Å². The van der Waals surface area contributed by atoms with Gasteiger partial charge in [0.15, 0.2) is 11.5 Å². The van der Waals surface area contributed by atoms with E-state index in [1.165, 1.54) is 11.0 Å². The molecule has 1 atom stereocenters. The molecule has 0 radical (unpaired) electrons. The molecule has 2 aromatic carbocycles. The van der Waals surface area contributed by atoms with E-state index >= 15 is 0 Å². The van der Waals surface area contributed by atoms with Crippen LogP contribution < -0.4 is 10.2 Å². The Kier molecular flexibility index (Phi) is 5.47. The molecule has 0 bridgehead atoms. The maximum absolute atomic E-state index is 13.8. The highest BCUT2D eigenvalue weighted by Crippen LogP contribution is 2.36. The fourth-order valence-electron chi connectivity index (χ4n) is 3.61. The maximum Gasteiger partial charge on any atom is 0.437 e. The first kappa shape index (κ1) is 21.0. The lowest BCUT2D eigenvalue weighted by Crippen LogP contribution is -2.42. The molecule has 5 nitrogen and oxygen atoms in total. The summed E-state index contributed by atoms with van der Waals surface area (Å²) in [4.78, 5) is 21.9. The van der Waals surface area contributed by atoms with Crippen LogP contribution >= 0.6 is 0 Å². The van der Waals surface area contributed by atoms with Crippen molar-refractivity contribution in [3.05, 3.63) is 59.8 Å². The van der Waals surface area contributed by atoms with E-state index in [0.29, 0.717) is 18.4 Å². The summed E-state index contributed by atoms with van der Waals surface area (Å²) in [5.41, 5.74) is -1.02. The molecule has 1 saturated heterocycles. The van der Waals surface area contributed by atoms with Crippen LogP contribution in [0.3, 0.4) is 0 Å². The molecule has 1 unspecified atom stereocenters. The fraction of sp³-hybridized carbons (Fsp3) is 0.286. The van der Waals surface area contributed by atoms with Gasteiger partial charge in [0.25, 0.3) is 0 Å². The number of hydrogen-bond donors (Lipinski definition) is 1. The van der Waals surface area contributed by atoms with Gasteiger partial charge in [-0.1, -0.05) is 12.1 Å². The Morgan fingerprint density at radius 2 is 1.77 bits per heavy atom. The van der Waals surface area contributed by atoms with Gasteiger partial charge in [0, 0.05) is 19.2 Å². The first-order valence-electron chi connectivity index (χ1n) is 9.57. The number of anilines is 2. The van der Waals surface area contributed by atoms with Gasteiger partial charge in [-0.3, -0.25) is 4.79 Å². The average molecular weight is 436 g/mol. The molecule has 1 aromatic heterocycles. The second-order valence-electron chi connectivity index (χ2n) is 7.28. The number of carbonyl (C=O) groups excluding carboxylic acids is 1. The number of rotatable bonds is 3. The number of nitrogens with zero attached hydrogens (tertiary/aromatic N) is 3. The molecule has 1 aliphatic rings. The van der Waals surface area contributed by atoms with Crippen LogP contribution in [0.4, 0.5) is 33.5 Å². The van der Waals surface area contributed by atoms with Crippen LogP contribution in [0.25, 0.3) is 11.0 Å². The van der Waals surface area contributed by atoms with Crippen LogP contribution in [0.15, 0.2) is 42.5 Å². The van der Waals surface area contributed by atoms with Crippen LogP contribution in [0.2, 0.25) is 0 Å². The van der Waals surface area contributed by atoms with Crippen molar-refractivity contribution in [1.82, 2.24) is 9.97 Å². The normalized spacial score (nSPS) is 17.1. The summed E-state index contributed by atoms with van der Waals surface area (Å²) >= 11 is 0. The van der Waals surface area contributed by atoms with Crippen molar-refractivity contribution >= 4 is 28.4 Å². The molecular weight excluding hydrogens is 419 g/mol. The minimum atomic E-state index is -4.73. The van der Waals surface area contributed by atoms with Crippen molar-refractivity contribution in [3.8, 4) is 0 Å². The average Bonchev–Trinajstić information content (AvgIpc) is 2.75. The van der Waals surface area contributed by atoms with Gasteiger partial charge in [0.2, 0.25) is 5.91 Å². The topological polar surface area (TPSA) is 58.1 Å². The van der Waals surface area contributed by atoms with Crippen LogP contribution in [-0.2, 0) is 11.0 Å². The van der Waals surface area contributed by atoms with Gasteiger partial charge in [0.05, 0.1) is 22.6 Å². The first-order chi connectivity index (χ1) is 14.7. The van der Waals surface area contributed by atoms with Crippen molar-refractivity contribution < 1.29 is 26.7 Å². The number of benzene rings is 2. The van der Waals surface area contributed by atoms with Crippen molar-refractivity contribution in [1.29, 1.82) is 0 Å². The third kappa shape index (κ3) is 4.42. The lowest BCUT2D eigenvalue weighted by molar-refractivity contribution is -0.140. The molecule has 0 aliphatic carbocycles. The predicted octanol–water partition coefficient (Wildman–Crippen LogP) is 4.78. The Bertz CT molecular complexity index is 1130. The van der Waals surface area contributed by atoms with Gasteiger partial charge < -0.3 is 10.2 Å². The number of aromatic nitrogens is 2. The fourth-order valence-corrected chi connectivity index (χ4v) is 3.61. The van der Waals surface area contributed by atoms with E-state index in [4.69, 9.17) is 0 Å². The number of hydrogen-bond acceptors (Lipinski definition) is 4. The Morgan fingerprint density at radius 3 is 2.48 bits per heavy atom. The number of halogens is 5. The Hall–Kier alpha value is -3.30. The van der Waals surface area contributed by atoms with Gasteiger partial charge in [-0.2, -0.15) is 13.2 Å². The summed E-state index contributed by atoms with van der Waals surface area (Å²) in [6, 6.07) is 8.89. The zero-order chi connectivity index (χ0) is 22.2. The summed E-state index contributed by atoms with van der Waals surface area (Å²) in [5.74, 6) is -3.20. The largest absolute Gasteiger partial charge is 0.437 e. The molecule has 1 aliphatic heterocycles. The Balaban J connectivity index is 1.61. The molecule has 31 heavy (non-hydrogen) atoms. The molecule has 1 N–H and O–H groups in total. The predicted molar refractivity (Wildman–Crippen MR) is 104 cm³/mol. The minimum absolute atomic E-state index is 0.0567. The second kappa shape index (κ2) is 8.09. The van der Waals surface area contributed by atoms with Gasteiger partial charge in [-0.25, -0.2) is 18.7 Å². The zero-order valence-electron chi connectivity index (χ0n) is 16.1. The monoisotopic (exact) mass is 436 g/mol. The standard InChI is InChI=1S/C21H17F5N4O/c22-13-7-8-14(23)17(10-13)29-20(31)12-4-3-9-30(11-12)19-18(21(24,25)26)27-15-5-1-2-6-16(15)28-19/h1-2,5-8,10,12H,3-4,9,11H2,(H,29,31). The Morgan fingerprint density at radius 1 is 1.06 bits per heavy atom. The lowest BCUT2D eigenvalue weighted by atomic mass is 9.96. The number of carbonyl (C=O) groups is 1. The van der Waals surface area contributed by atoms with Crippen LogP contribution in [0.5, 0.6) is 0 Å². The van der Waals surface area contributed by atoms with Crippen LogP contribution in [0, 0.1) is 17.6 Å². The van der Waals surface area contributed by atoms with E-state index in [9.17, 15) is 26.7 Å². The molecule has 0 spiro atoms. The van der Waals surface area contributed by atoms with E-state index in [2.05, 4.69) is 15.3 Å². The van der Waals surface area contributed by atoms with Gasteiger partial charge in [0.1, 0.15) is 11.6 Å². The molecule has 4 rings (SSSR count). The molecule has 1 amide bonds. The third-order valence-electron chi connectivity index (χ3n) is 5.10. The molecule has 1 fully saturated rings. The van der Waals surface area contributed by atoms with E-state index in [1.807, 2.05) is 0 Å². The van der Waals surface area contributed by atoms with E-state index in [1.54, 1.807) is 18.2 Å². The number of fused-ring (bicyclic) bond motifs is 1. The van der Waals surface area contributed by atoms with Gasteiger partial charge in [-0.05, 0) is 37.1 Å². The highest BCUT2D eigenvalue weighted by molar-refractivity contribution is 5.93. The van der Waals surface area contributed by atoms with Crippen LogP contribution in [0.1, 0.15) is 18.5 Å². The van der Waals surface area contributed by atoms with Crippen LogP contribution in [-0.4, -0.2) is 29.0 Å². The van der Waals surface area contributed by atoms with E-state index in [-0.39, 0.29) is 30.1 Å². The highest BCUT2D eigenvalue weighted by atomic mass is 19.4. The zero-order valence-corrected chi connectivity index (χ0v) is 16.1. The summed E-state index contributed by atoms with van der Waals surface area (Å²) in [6.07, 6.45) is -3.91. The second-order valence-corrected chi connectivity index (χ2v) is 7.28. The van der Waals surface area contributed by atoms with Crippen molar-refractivity contribution in [2.24, 2.45) is 5.92 Å². The number of amides is 1. The van der Waals surface area contributed by atoms with Crippen molar-refractivity contribution in [2.45, 2.75) is 19.0 Å². The lowest BCUT2D eigenvalue weighted by Gasteiger charge is -2.34. The Labute approximate surface area is 173 Å². The molecular formula is C21H17F5N4O. The SMILES string of the molecule is O=C(Nc1cc(F)ccc1F)C1CCCN(c2nc3ccccc3nc2C(F)(F)F)C1. The number of alkyl halides is 3. The highest BCUT2D eigenvalue weighted by Gasteiger charge is 2.40. The van der Waals surface area contributed by atoms with Gasteiger partial charge >= 0.3 is 6.18 Å². The smallest absolute Gasteiger partial charge is 0.354 e. The number of piperidine rings is 1. The quantitative estimate of drug-likeness (QED) is 0.601. The molecule has 10 heteroatoms. The maximum atomic E-state index is 13.8. The molecule has 162 valence electrons. The van der Waals surface area contributed by atoms with E-state index < -0.39 is 35.3 Å². The number of nitrogens with one attached hydrogen (secondary N) is 1. The third-order valence-corrected chi connectivity index (χ3v) is 5.10. The molecule has 0 saturated carbocycles. The van der Waals surface area contributed by atoms with Crippen molar-refractivity contribution in [2.75, 3.05) is 23.3 Å². The number of para-hydroxylation sites is 2. The first-order valence-corrected chi connectivity index (χ1v) is 9.57. The van der Waals surface area contributed by atoms with Crippen molar-refractivity contribution in [3.63, 3.8) is 0 Å². The summed E-state index contributed by atoms with van der Waals surface area (Å²) in [7, 11) is 0. The molecule has 3 aromatic rings. The summed E-state index contributed by atoms with van der Waals surface area (Å²) < 4.78 is 68.2. The summed E-state index contributed by atoms with van der Waals surface area (Å²) in [6.45, 7) is 0.201. The summed E-state index contributed by atoms with van der Waals surface area (Å²) in [5, 5.41) is 2.33. The molecule has 2 heterocycles. The van der Waals surface area contributed by atoms with Gasteiger partial charge in [-0.15, -0.1) is 0 Å². The minimum Gasteiger partial charge on any atom is -0.354 e.